The number of anilines is 6. The largest absolute Gasteiger partial charge is 0.456 e. The minimum absolute atomic E-state index is 0.865. The number of para-hydroxylation sites is 2. The van der Waals surface area contributed by atoms with Gasteiger partial charge in [0.2, 0.25) is 0 Å². The van der Waals surface area contributed by atoms with E-state index in [1.165, 1.54) is 49.5 Å². The minimum Gasteiger partial charge on any atom is -0.456 e. The quantitative estimate of drug-likeness (QED) is 0.127. The second kappa shape index (κ2) is 17.9. The van der Waals surface area contributed by atoms with Gasteiger partial charge in [-0.05, 0) is 169 Å². The molecule has 0 saturated carbocycles. The number of ether oxygens (including phenoxy) is 1. The van der Waals surface area contributed by atoms with Crippen LogP contribution in [0.5, 0.6) is 11.5 Å². The summed E-state index contributed by atoms with van der Waals surface area (Å²) >= 11 is 0. The molecule has 1 heterocycles. The van der Waals surface area contributed by atoms with E-state index in [0.29, 0.717) is 0 Å². The van der Waals surface area contributed by atoms with Crippen molar-refractivity contribution in [3.8, 4) is 67.1 Å². The van der Waals surface area contributed by atoms with Crippen LogP contribution in [0.25, 0.3) is 77.2 Å². The van der Waals surface area contributed by atoms with E-state index in [1.807, 2.05) is 0 Å². The molecule has 0 fully saturated rings. The first kappa shape index (κ1) is 41.7. The third-order valence-electron chi connectivity index (χ3n) is 13.8. The van der Waals surface area contributed by atoms with Crippen molar-refractivity contribution < 1.29 is 4.74 Å². The lowest BCUT2D eigenvalue weighted by atomic mass is 9.88. The maximum atomic E-state index is 6.82. The molecule has 0 aliphatic carbocycles. The molecule has 0 spiro atoms. The first-order valence-electron chi connectivity index (χ1n) is 24.2. The number of benzene rings is 12. The lowest BCUT2D eigenvalue weighted by molar-refractivity contribution is 0.487. The zero-order valence-electron chi connectivity index (χ0n) is 38.9. The van der Waals surface area contributed by atoms with E-state index in [2.05, 4.69) is 289 Å². The van der Waals surface area contributed by atoms with E-state index >= 15 is 0 Å². The van der Waals surface area contributed by atoms with Crippen LogP contribution in [-0.2, 0) is 0 Å². The summed E-state index contributed by atoms with van der Waals surface area (Å²) in [4.78, 5) is 4.63. The topological polar surface area (TPSA) is 15.7 Å². The second-order valence-electron chi connectivity index (χ2n) is 18.1. The first-order valence-corrected chi connectivity index (χ1v) is 24.2. The Kier molecular flexibility index (Phi) is 10.5. The molecule has 13 rings (SSSR count). The van der Waals surface area contributed by atoms with E-state index in [9.17, 15) is 0 Å². The highest BCUT2D eigenvalue weighted by Crippen LogP contribution is 2.50. The zero-order chi connectivity index (χ0) is 47.1. The van der Waals surface area contributed by atoms with Gasteiger partial charge in [0.05, 0.1) is 0 Å². The van der Waals surface area contributed by atoms with Gasteiger partial charge >= 0.3 is 0 Å². The van der Waals surface area contributed by atoms with Crippen LogP contribution in [-0.4, -0.2) is 0 Å². The van der Waals surface area contributed by atoms with Crippen molar-refractivity contribution in [3.63, 3.8) is 0 Å². The molecule has 3 nitrogen and oxygen atoms in total. The summed E-state index contributed by atoms with van der Waals surface area (Å²) in [6.07, 6.45) is 0. The van der Waals surface area contributed by atoms with Crippen molar-refractivity contribution in [1.29, 1.82) is 0 Å². The molecule has 0 unspecified atom stereocenters. The molecule has 0 bridgehead atoms. The molecule has 0 saturated heterocycles. The van der Waals surface area contributed by atoms with Crippen molar-refractivity contribution in [2.24, 2.45) is 0 Å². The molecular weight excluding hydrogens is 861 g/mol. The average molecular weight is 907 g/mol. The normalized spacial score (nSPS) is 11.5. The highest BCUT2D eigenvalue weighted by molar-refractivity contribution is 6.18. The van der Waals surface area contributed by atoms with Gasteiger partial charge in [-0.25, -0.2) is 0 Å². The first-order chi connectivity index (χ1) is 35.2. The molecular formula is C68H46N2O. The van der Waals surface area contributed by atoms with Crippen LogP contribution in [0.1, 0.15) is 0 Å². The Balaban J connectivity index is 0.793. The van der Waals surface area contributed by atoms with Crippen molar-refractivity contribution in [1.82, 2.24) is 0 Å². The number of hydrogen-bond acceptors (Lipinski definition) is 3. The van der Waals surface area contributed by atoms with Gasteiger partial charge in [0.1, 0.15) is 11.5 Å². The third-order valence-corrected chi connectivity index (χ3v) is 13.8. The molecule has 3 heteroatoms. The Morgan fingerprint density at radius 3 is 1.08 bits per heavy atom. The SMILES string of the molecule is c1ccc(-c2ccc(N(c3ccccc3)c3ccc(-c4ccc5c(c4)Oc4cccc6c4c-5cc4ccc(-c5ccc(N(c7ccccc7)c7ccc(-c8ccccc8)cc7)cc5)cc46)cc3)cc2)cc1. The van der Waals surface area contributed by atoms with Gasteiger partial charge in [-0.2, -0.15) is 0 Å². The smallest absolute Gasteiger partial charge is 0.135 e. The van der Waals surface area contributed by atoms with Gasteiger partial charge < -0.3 is 14.5 Å². The highest BCUT2D eigenvalue weighted by atomic mass is 16.5. The second-order valence-corrected chi connectivity index (χ2v) is 18.1. The molecule has 0 amide bonds. The molecule has 0 aromatic heterocycles. The Hall–Kier alpha value is -9.44. The van der Waals surface area contributed by atoms with Gasteiger partial charge in [0.25, 0.3) is 0 Å². The van der Waals surface area contributed by atoms with Crippen molar-refractivity contribution >= 4 is 55.7 Å². The molecule has 334 valence electrons. The van der Waals surface area contributed by atoms with E-state index in [1.54, 1.807) is 0 Å². The van der Waals surface area contributed by atoms with Crippen molar-refractivity contribution in [2.45, 2.75) is 0 Å². The maximum absolute atomic E-state index is 6.82. The third kappa shape index (κ3) is 7.86. The van der Waals surface area contributed by atoms with E-state index < -0.39 is 0 Å². The monoisotopic (exact) mass is 906 g/mol. The fourth-order valence-electron chi connectivity index (χ4n) is 10.3. The lowest BCUT2D eigenvalue weighted by Crippen LogP contribution is -2.09. The highest BCUT2D eigenvalue weighted by Gasteiger charge is 2.23. The molecule has 1 aliphatic rings. The Morgan fingerprint density at radius 1 is 0.225 bits per heavy atom. The number of hydrogen-bond donors (Lipinski definition) is 0. The molecule has 0 radical (unpaired) electrons. The van der Waals surface area contributed by atoms with Crippen LogP contribution in [0.15, 0.2) is 279 Å². The van der Waals surface area contributed by atoms with E-state index in [0.717, 1.165) is 73.3 Å². The summed E-state index contributed by atoms with van der Waals surface area (Å²) in [6, 6.07) is 100.0. The minimum atomic E-state index is 0.865. The Morgan fingerprint density at radius 2 is 0.606 bits per heavy atom. The zero-order valence-corrected chi connectivity index (χ0v) is 38.9. The van der Waals surface area contributed by atoms with Crippen LogP contribution < -0.4 is 14.5 Å². The summed E-state index contributed by atoms with van der Waals surface area (Å²) in [5.41, 5.74) is 18.3. The fourth-order valence-corrected chi connectivity index (χ4v) is 10.3. The Bertz CT molecular complexity index is 3840. The predicted octanol–water partition coefficient (Wildman–Crippen LogP) is 19.4. The molecule has 0 N–H and O–H groups in total. The predicted molar refractivity (Wildman–Crippen MR) is 298 cm³/mol. The van der Waals surface area contributed by atoms with Gasteiger partial charge in [0, 0.05) is 45.1 Å². The standard InChI is InChI=1S/C68H46N2O/c1-5-14-47(15-6-1)49-26-35-58(36-27-49)69(56-18-9-3-10-19-56)60-39-30-51(31-40-60)53-24-25-55-45-65-62-43-34-54(46-67(62)71-66-23-13-22-63(68(65)66)64(55)44-53)52-32-41-61(42-33-52)70(57-20-11-4-12-21-57)59-37-28-50(29-38-59)48-16-7-2-8-17-48/h1-46H. The van der Waals surface area contributed by atoms with Crippen LogP contribution in [0.3, 0.4) is 0 Å². The molecule has 12 aromatic rings. The summed E-state index contributed by atoms with van der Waals surface area (Å²) in [6.45, 7) is 0. The summed E-state index contributed by atoms with van der Waals surface area (Å²) in [5.74, 6) is 1.74. The summed E-state index contributed by atoms with van der Waals surface area (Å²) < 4.78 is 6.82. The van der Waals surface area contributed by atoms with E-state index in [4.69, 9.17) is 4.74 Å². The molecule has 1 aliphatic heterocycles. The maximum Gasteiger partial charge on any atom is 0.135 e. The van der Waals surface area contributed by atoms with Gasteiger partial charge in [-0.1, -0.05) is 176 Å². The van der Waals surface area contributed by atoms with Crippen LogP contribution in [0.2, 0.25) is 0 Å². The average Bonchev–Trinajstić information content (AvgIpc) is 3.45. The molecule has 0 atom stereocenters. The van der Waals surface area contributed by atoms with Gasteiger partial charge in [-0.15, -0.1) is 0 Å². The van der Waals surface area contributed by atoms with Crippen LogP contribution >= 0.6 is 0 Å². The van der Waals surface area contributed by atoms with Gasteiger partial charge in [0.15, 0.2) is 0 Å². The molecule has 71 heavy (non-hydrogen) atoms. The lowest BCUT2D eigenvalue weighted by Gasteiger charge is -2.26. The fraction of sp³-hybridized carbons (Fsp3) is 0. The number of fused-ring (bicyclic) bond motifs is 4. The van der Waals surface area contributed by atoms with Crippen molar-refractivity contribution in [3.05, 3.63) is 279 Å². The summed E-state index contributed by atoms with van der Waals surface area (Å²) in [7, 11) is 0. The van der Waals surface area contributed by atoms with Crippen LogP contribution in [0, 0.1) is 0 Å². The van der Waals surface area contributed by atoms with Gasteiger partial charge in [-0.3, -0.25) is 0 Å². The Labute approximate surface area is 414 Å². The van der Waals surface area contributed by atoms with Crippen LogP contribution in [0.4, 0.5) is 34.1 Å². The van der Waals surface area contributed by atoms with Crippen molar-refractivity contribution in [2.75, 3.05) is 9.80 Å². The van der Waals surface area contributed by atoms with E-state index in [-0.39, 0.29) is 0 Å². The molecule has 12 aromatic carbocycles. The number of rotatable bonds is 10. The summed E-state index contributed by atoms with van der Waals surface area (Å²) in [5, 5.41) is 4.74. The number of nitrogens with zero attached hydrogens (tertiary/aromatic N) is 2.